The molecule has 1 amide bonds. The molecule has 5 nitrogen and oxygen atoms in total. The second kappa shape index (κ2) is 7.44. The van der Waals surface area contributed by atoms with E-state index in [9.17, 15) is 4.79 Å². The Hall–Kier alpha value is -2.08. The van der Waals surface area contributed by atoms with Crippen molar-refractivity contribution in [1.29, 1.82) is 0 Å². The minimum atomic E-state index is 0.119. The first-order valence-corrected chi connectivity index (χ1v) is 9.47. The zero-order valence-electron chi connectivity index (χ0n) is 15.3. The normalized spacial score (nSPS) is 14.9. The predicted molar refractivity (Wildman–Crippen MR) is 102 cm³/mol. The number of methoxy groups -OCH3 is 1. The molecule has 0 atom stereocenters. The van der Waals surface area contributed by atoms with Gasteiger partial charge in [-0.15, -0.1) is 11.3 Å². The molecule has 0 saturated carbocycles. The molecule has 6 heteroatoms. The molecule has 2 aromatic rings. The highest BCUT2D eigenvalue weighted by molar-refractivity contribution is 7.13. The first-order valence-electron chi connectivity index (χ1n) is 8.65. The number of hydrogen-bond donors (Lipinski definition) is 0. The van der Waals surface area contributed by atoms with Gasteiger partial charge in [0.05, 0.1) is 23.5 Å². The van der Waals surface area contributed by atoms with Crippen molar-refractivity contribution in [2.45, 2.75) is 26.7 Å². The molecular weight excluding hydrogens is 334 g/mol. The number of nitrogens with zero attached hydrogens (tertiary/aromatic N) is 3. The Morgan fingerprint density at radius 3 is 2.52 bits per heavy atom. The summed E-state index contributed by atoms with van der Waals surface area (Å²) in [6, 6.07) is 8.04. The van der Waals surface area contributed by atoms with Crippen molar-refractivity contribution in [1.82, 2.24) is 9.88 Å². The molecule has 0 unspecified atom stereocenters. The maximum absolute atomic E-state index is 13.0. The van der Waals surface area contributed by atoms with Crippen molar-refractivity contribution < 1.29 is 9.53 Å². The lowest BCUT2D eigenvalue weighted by molar-refractivity contribution is 0.0750. The van der Waals surface area contributed by atoms with Crippen molar-refractivity contribution >= 4 is 22.9 Å². The molecule has 0 radical (unpaired) electrons. The van der Waals surface area contributed by atoms with Crippen molar-refractivity contribution in [3.05, 3.63) is 39.8 Å². The van der Waals surface area contributed by atoms with Gasteiger partial charge in [-0.05, 0) is 25.0 Å². The molecule has 134 valence electrons. The van der Waals surface area contributed by atoms with Crippen LogP contribution in [0.4, 0.5) is 5.69 Å². The zero-order valence-corrected chi connectivity index (χ0v) is 16.1. The van der Waals surface area contributed by atoms with E-state index in [1.165, 1.54) is 11.3 Å². The molecule has 1 aliphatic heterocycles. The number of aryl methyl sites for hydroxylation is 1. The first-order chi connectivity index (χ1) is 12.0. The van der Waals surface area contributed by atoms with Crippen LogP contribution in [0.25, 0.3) is 0 Å². The Kier molecular flexibility index (Phi) is 5.27. The summed E-state index contributed by atoms with van der Waals surface area (Å²) in [4.78, 5) is 22.5. The van der Waals surface area contributed by atoms with E-state index in [1.54, 1.807) is 7.11 Å². The Labute approximate surface area is 153 Å². The van der Waals surface area contributed by atoms with E-state index in [1.807, 2.05) is 30.0 Å². The van der Waals surface area contributed by atoms with E-state index < -0.39 is 0 Å². The quantitative estimate of drug-likeness (QED) is 0.838. The average Bonchev–Trinajstić information content (AvgIpc) is 3.03. The number of hydrogen-bond acceptors (Lipinski definition) is 5. The summed E-state index contributed by atoms with van der Waals surface area (Å²) >= 11 is 1.51. The molecule has 1 aromatic heterocycles. The van der Waals surface area contributed by atoms with Crippen LogP contribution < -0.4 is 9.64 Å². The third-order valence-electron chi connectivity index (χ3n) is 4.49. The molecule has 25 heavy (non-hydrogen) atoms. The van der Waals surface area contributed by atoms with Crippen LogP contribution in [0.5, 0.6) is 5.75 Å². The highest BCUT2D eigenvalue weighted by Gasteiger charge is 2.27. The fraction of sp³-hybridized carbons (Fsp3) is 0.474. The van der Waals surface area contributed by atoms with Crippen molar-refractivity contribution in [3.8, 4) is 5.75 Å². The molecule has 0 spiro atoms. The van der Waals surface area contributed by atoms with Gasteiger partial charge < -0.3 is 14.5 Å². The molecular formula is C19H25N3O2S. The maximum atomic E-state index is 13.0. The summed E-state index contributed by atoms with van der Waals surface area (Å²) in [6.07, 6.45) is 0. The van der Waals surface area contributed by atoms with Gasteiger partial charge in [-0.25, -0.2) is 4.98 Å². The van der Waals surface area contributed by atoms with Gasteiger partial charge >= 0.3 is 0 Å². The molecule has 1 fully saturated rings. The number of para-hydroxylation sites is 2. The number of carbonyl (C=O) groups is 1. The number of anilines is 1. The molecule has 0 N–H and O–H groups in total. The van der Waals surface area contributed by atoms with Crippen LogP contribution in [0.2, 0.25) is 0 Å². The maximum Gasteiger partial charge on any atom is 0.266 e. The Balaban J connectivity index is 1.71. The van der Waals surface area contributed by atoms with Gasteiger partial charge in [-0.2, -0.15) is 0 Å². The van der Waals surface area contributed by atoms with E-state index in [0.717, 1.165) is 40.1 Å². The third kappa shape index (κ3) is 3.63. The van der Waals surface area contributed by atoms with Gasteiger partial charge in [-0.3, -0.25) is 4.79 Å². The van der Waals surface area contributed by atoms with Gasteiger partial charge in [0, 0.05) is 26.2 Å². The highest BCUT2D eigenvalue weighted by Crippen LogP contribution is 2.30. The number of ether oxygens (including phenoxy) is 1. The lowest BCUT2D eigenvalue weighted by atomic mass is 10.1. The number of amides is 1. The van der Waals surface area contributed by atoms with Crippen molar-refractivity contribution in [2.24, 2.45) is 0 Å². The fourth-order valence-electron chi connectivity index (χ4n) is 3.17. The number of carbonyl (C=O) groups excluding carboxylic acids is 1. The van der Waals surface area contributed by atoms with Crippen LogP contribution in [0.1, 0.15) is 40.1 Å². The second-order valence-corrected chi connectivity index (χ2v) is 7.76. The number of thiazole rings is 1. The summed E-state index contributed by atoms with van der Waals surface area (Å²) < 4.78 is 5.46. The average molecular weight is 359 g/mol. The van der Waals surface area contributed by atoms with Gasteiger partial charge in [0.15, 0.2) is 0 Å². The molecule has 0 bridgehead atoms. The smallest absolute Gasteiger partial charge is 0.266 e. The topological polar surface area (TPSA) is 45.7 Å². The molecule has 1 aromatic carbocycles. The second-order valence-electron chi connectivity index (χ2n) is 6.55. The first kappa shape index (κ1) is 17.7. The molecule has 2 heterocycles. The number of rotatable bonds is 4. The molecule has 3 rings (SSSR count). The van der Waals surface area contributed by atoms with Crippen molar-refractivity contribution in [2.75, 3.05) is 38.2 Å². The summed E-state index contributed by atoms with van der Waals surface area (Å²) in [7, 11) is 1.69. The molecule has 1 aliphatic rings. The van der Waals surface area contributed by atoms with Crippen LogP contribution >= 0.6 is 11.3 Å². The largest absolute Gasteiger partial charge is 0.495 e. The monoisotopic (exact) mass is 359 g/mol. The molecule has 1 saturated heterocycles. The Morgan fingerprint density at radius 1 is 1.20 bits per heavy atom. The van der Waals surface area contributed by atoms with E-state index in [-0.39, 0.29) is 11.8 Å². The van der Waals surface area contributed by atoms with E-state index in [2.05, 4.69) is 29.8 Å². The molecule has 0 aliphatic carbocycles. The van der Waals surface area contributed by atoms with Gasteiger partial charge in [0.2, 0.25) is 0 Å². The van der Waals surface area contributed by atoms with Gasteiger partial charge in [0.1, 0.15) is 10.6 Å². The zero-order chi connectivity index (χ0) is 18.0. The fourth-order valence-corrected chi connectivity index (χ4v) is 4.21. The minimum Gasteiger partial charge on any atom is -0.495 e. The highest BCUT2D eigenvalue weighted by atomic mass is 32.1. The summed E-state index contributed by atoms with van der Waals surface area (Å²) in [5.41, 5.74) is 2.02. The Morgan fingerprint density at radius 2 is 1.88 bits per heavy atom. The lowest BCUT2D eigenvalue weighted by Gasteiger charge is -2.36. The minimum absolute atomic E-state index is 0.119. The van der Waals surface area contributed by atoms with E-state index in [0.29, 0.717) is 13.1 Å². The van der Waals surface area contributed by atoms with E-state index >= 15 is 0 Å². The van der Waals surface area contributed by atoms with Gasteiger partial charge in [-0.1, -0.05) is 26.0 Å². The summed E-state index contributed by atoms with van der Waals surface area (Å²) in [6.45, 7) is 9.18. The van der Waals surface area contributed by atoms with E-state index in [4.69, 9.17) is 4.74 Å². The van der Waals surface area contributed by atoms with Crippen LogP contribution in [-0.2, 0) is 0 Å². The Bertz CT molecular complexity index is 749. The van der Waals surface area contributed by atoms with Crippen LogP contribution in [0.15, 0.2) is 24.3 Å². The van der Waals surface area contributed by atoms with Crippen molar-refractivity contribution in [3.63, 3.8) is 0 Å². The van der Waals surface area contributed by atoms with Crippen LogP contribution in [-0.4, -0.2) is 49.1 Å². The number of benzene rings is 1. The SMILES string of the molecule is COc1ccccc1N1CCN(C(=O)c2sc(C)nc2C(C)C)CC1. The summed E-state index contributed by atoms with van der Waals surface area (Å²) in [5, 5.41) is 0.958. The lowest BCUT2D eigenvalue weighted by Crippen LogP contribution is -2.48. The van der Waals surface area contributed by atoms with Gasteiger partial charge in [0.25, 0.3) is 5.91 Å². The third-order valence-corrected chi connectivity index (χ3v) is 5.47. The standard InChI is InChI=1S/C19H25N3O2S/c1-13(2)17-18(25-14(3)20-17)19(23)22-11-9-21(10-12-22)15-7-5-6-8-16(15)24-4/h5-8,13H,9-12H2,1-4H3. The summed E-state index contributed by atoms with van der Waals surface area (Å²) in [5.74, 6) is 1.26. The predicted octanol–water partition coefficient (Wildman–Crippen LogP) is 3.55. The van der Waals surface area contributed by atoms with Crippen LogP contribution in [0, 0.1) is 6.92 Å². The number of aromatic nitrogens is 1. The number of piperazine rings is 1. The van der Waals surface area contributed by atoms with Crippen LogP contribution in [0.3, 0.4) is 0 Å².